The van der Waals surface area contributed by atoms with Crippen LogP contribution < -0.4 is 5.32 Å². The van der Waals surface area contributed by atoms with Crippen molar-refractivity contribution in [3.8, 4) is 0 Å². The molecule has 0 rings (SSSR count). The van der Waals surface area contributed by atoms with Crippen molar-refractivity contribution in [1.82, 2.24) is 5.32 Å². The molecule has 3 nitrogen and oxygen atoms in total. The molecule has 0 aliphatic heterocycles. The Morgan fingerprint density at radius 1 is 1.46 bits per heavy atom. The van der Waals surface area contributed by atoms with E-state index in [9.17, 15) is 4.55 Å². The Labute approximate surface area is 84.3 Å². The number of nitrogens with zero attached hydrogens (tertiary/aromatic N) is 1. The first-order chi connectivity index (χ1) is 5.79. The second kappa shape index (κ2) is 4.98. The number of nitrogens with one attached hydrogen (secondary N) is 1. The van der Waals surface area contributed by atoms with Crippen LogP contribution in [0.2, 0.25) is 0 Å². The van der Waals surface area contributed by atoms with Gasteiger partial charge in [0, 0.05) is 6.04 Å². The van der Waals surface area contributed by atoms with Crippen molar-refractivity contribution < 1.29 is 4.55 Å². The second-order valence-electron chi connectivity index (χ2n) is 4.10. The summed E-state index contributed by atoms with van der Waals surface area (Å²) in [6.45, 7) is 9.65. The summed E-state index contributed by atoms with van der Waals surface area (Å²) in [5.74, 6) is 0. The second-order valence-corrected chi connectivity index (χ2v) is 6.01. The summed E-state index contributed by atoms with van der Waals surface area (Å²) in [6.07, 6.45) is 0. The Morgan fingerprint density at radius 3 is 2.23 bits per heavy atom. The lowest BCUT2D eigenvalue weighted by Gasteiger charge is -2.19. The van der Waals surface area contributed by atoms with Crippen LogP contribution >= 0.6 is 0 Å². The van der Waals surface area contributed by atoms with Crippen LogP contribution in [0.1, 0.15) is 34.6 Å². The first kappa shape index (κ1) is 12.9. The van der Waals surface area contributed by atoms with Gasteiger partial charge in [-0.05, 0) is 41.7 Å². The van der Waals surface area contributed by atoms with Gasteiger partial charge in [0.2, 0.25) is 0 Å². The predicted octanol–water partition coefficient (Wildman–Crippen LogP) is 1.52. The Bertz CT molecular complexity index is 187. The van der Waals surface area contributed by atoms with Crippen LogP contribution in [0.15, 0.2) is 4.40 Å². The fraction of sp³-hybridized carbons (Fsp3) is 0.889. The zero-order chi connectivity index (χ0) is 10.6. The number of rotatable bonds is 3. The molecule has 0 radical (unpaired) electrons. The van der Waals surface area contributed by atoms with E-state index in [1.807, 2.05) is 41.7 Å². The summed E-state index contributed by atoms with van der Waals surface area (Å²) in [5.41, 5.74) is 0.885. The van der Waals surface area contributed by atoms with Crippen LogP contribution in [0.3, 0.4) is 0 Å². The fourth-order valence-electron chi connectivity index (χ4n) is 0.556. The molecule has 0 amide bonds. The highest BCUT2D eigenvalue weighted by atomic mass is 32.2. The molecule has 0 saturated carbocycles. The van der Waals surface area contributed by atoms with Crippen LogP contribution in [0.25, 0.3) is 0 Å². The Hall–Kier alpha value is -0.0600. The van der Waals surface area contributed by atoms with Gasteiger partial charge in [-0.25, -0.2) is 0 Å². The highest BCUT2D eigenvalue weighted by Gasteiger charge is 2.27. The standard InChI is InChI=1S/C9H20N2OS/c1-7(10-6)8(2)11-13(12)9(3,4)5/h7,10H,1-6H3/t7-,13?/m0/s1. The number of hydrogen-bond acceptors (Lipinski definition) is 3. The highest BCUT2D eigenvalue weighted by Crippen LogP contribution is 2.17. The topological polar surface area (TPSA) is 47.5 Å². The van der Waals surface area contributed by atoms with E-state index in [4.69, 9.17) is 0 Å². The van der Waals surface area contributed by atoms with Gasteiger partial charge in [0.05, 0.1) is 5.71 Å². The normalized spacial score (nSPS) is 18.5. The molecule has 0 saturated heterocycles. The van der Waals surface area contributed by atoms with Gasteiger partial charge in [0.25, 0.3) is 0 Å². The average molecular weight is 204 g/mol. The first-order valence-corrected chi connectivity index (χ1v) is 5.54. The van der Waals surface area contributed by atoms with E-state index in [-0.39, 0.29) is 10.8 Å². The zero-order valence-electron chi connectivity index (χ0n) is 9.34. The van der Waals surface area contributed by atoms with Crippen molar-refractivity contribution in [3.05, 3.63) is 0 Å². The summed E-state index contributed by atoms with van der Waals surface area (Å²) in [7, 11) is 1.86. The van der Waals surface area contributed by atoms with Gasteiger partial charge in [-0.15, -0.1) is 0 Å². The maximum absolute atomic E-state index is 11.6. The summed E-state index contributed by atoms with van der Waals surface area (Å²) < 4.78 is 15.5. The predicted molar refractivity (Wildman–Crippen MR) is 59.5 cm³/mol. The average Bonchev–Trinajstić information content (AvgIpc) is 2.01. The Balaban J connectivity index is 4.39. The van der Waals surface area contributed by atoms with E-state index in [0.29, 0.717) is 0 Å². The minimum Gasteiger partial charge on any atom is -0.591 e. The summed E-state index contributed by atoms with van der Waals surface area (Å²) >= 11 is -1.14. The van der Waals surface area contributed by atoms with E-state index in [0.717, 1.165) is 5.71 Å². The van der Waals surface area contributed by atoms with Gasteiger partial charge in [-0.2, -0.15) is 0 Å². The monoisotopic (exact) mass is 204 g/mol. The molecule has 78 valence electrons. The summed E-state index contributed by atoms with van der Waals surface area (Å²) in [5, 5.41) is 3.06. The van der Waals surface area contributed by atoms with E-state index < -0.39 is 11.4 Å². The largest absolute Gasteiger partial charge is 0.591 e. The molecule has 0 aliphatic rings. The molecule has 1 N–H and O–H groups in total. The lowest BCUT2D eigenvalue weighted by Crippen LogP contribution is -2.32. The minimum absolute atomic E-state index is 0.186. The van der Waals surface area contributed by atoms with Crippen molar-refractivity contribution in [2.45, 2.75) is 45.4 Å². The molecule has 0 heterocycles. The molecule has 0 fully saturated rings. The maximum Gasteiger partial charge on any atom is 0.144 e. The minimum atomic E-state index is -1.14. The van der Waals surface area contributed by atoms with Crippen molar-refractivity contribution in [3.63, 3.8) is 0 Å². The third-order valence-corrected chi connectivity index (χ3v) is 3.31. The maximum atomic E-state index is 11.6. The molecule has 0 aromatic heterocycles. The quantitative estimate of drug-likeness (QED) is 0.559. The smallest absolute Gasteiger partial charge is 0.144 e. The summed E-state index contributed by atoms with van der Waals surface area (Å²) in [4.78, 5) is 0. The van der Waals surface area contributed by atoms with Gasteiger partial charge in [-0.3, -0.25) is 0 Å². The SMILES string of the molecule is CN[C@@H](C)C(C)=N[S+]([O-])C(C)(C)C. The van der Waals surface area contributed by atoms with Crippen LogP contribution in [0.4, 0.5) is 0 Å². The molecular weight excluding hydrogens is 184 g/mol. The summed E-state index contributed by atoms with van der Waals surface area (Å²) in [6, 6.07) is 0.186. The fourth-order valence-corrected chi connectivity index (χ4v) is 1.25. The third-order valence-electron chi connectivity index (χ3n) is 1.81. The van der Waals surface area contributed by atoms with E-state index >= 15 is 0 Å². The van der Waals surface area contributed by atoms with Crippen molar-refractivity contribution in [1.29, 1.82) is 0 Å². The molecule has 2 atom stereocenters. The van der Waals surface area contributed by atoms with Crippen LogP contribution in [0.5, 0.6) is 0 Å². The van der Waals surface area contributed by atoms with Crippen LogP contribution in [-0.4, -0.2) is 28.1 Å². The van der Waals surface area contributed by atoms with E-state index in [2.05, 4.69) is 9.71 Å². The zero-order valence-corrected chi connectivity index (χ0v) is 10.2. The van der Waals surface area contributed by atoms with Crippen molar-refractivity contribution >= 4 is 17.1 Å². The highest BCUT2D eigenvalue weighted by molar-refractivity contribution is 7.91. The Kier molecular flexibility index (Phi) is 4.96. The molecule has 13 heavy (non-hydrogen) atoms. The number of hydrogen-bond donors (Lipinski definition) is 1. The lowest BCUT2D eigenvalue weighted by molar-refractivity contribution is 0.561. The molecule has 0 aromatic carbocycles. The van der Waals surface area contributed by atoms with Crippen LogP contribution in [-0.2, 0) is 11.4 Å². The van der Waals surface area contributed by atoms with Gasteiger partial charge < -0.3 is 9.87 Å². The van der Waals surface area contributed by atoms with E-state index in [1.165, 1.54) is 0 Å². The van der Waals surface area contributed by atoms with Crippen molar-refractivity contribution in [2.24, 2.45) is 4.40 Å². The van der Waals surface area contributed by atoms with Gasteiger partial charge >= 0.3 is 0 Å². The Morgan fingerprint density at radius 2 is 1.92 bits per heavy atom. The van der Waals surface area contributed by atoms with E-state index in [1.54, 1.807) is 0 Å². The molecule has 0 aliphatic carbocycles. The molecular formula is C9H20N2OS. The molecule has 0 bridgehead atoms. The third kappa shape index (κ3) is 4.64. The first-order valence-electron chi connectivity index (χ1n) is 4.43. The molecule has 0 aromatic rings. The van der Waals surface area contributed by atoms with Gasteiger partial charge in [0.1, 0.15) is 16.1 Å². The van der Waals surface area contributed by atoms with Gasteiger partial charge in [0.15, 0.2) is 0 Å². The lowest BCUT2D eigenvalue weighted by atomic mass is 10.2. The van der Waals surface area contributed by atoms with Crippen LogP contribution in [0, 0.1) is 0 Å². The van der Waals surface area contributed by atoms with Gasteiger partial charge in [-0.1, -0.05) is 4.40 Å². The molecule has 0 spiro atoms. The molecule has 4 heteroatoms. The van der Waals surface area contributed by atoms with Crippen molar-refractivity contribution in [2.75, 3.05) is 7.05 Å². The molecule has 1 unspecified atom stereocenters.